The standard InChI is InChI=1S/C20H19N3OS/c24-19-18(12-14-6-2-1-3-7-14)22-20(25)23(19)11-10-15-13-21-17-9-5-4-8-16(15)17/h1-9,13,18,21H,10-12H2,(H,22,25)/t18-/m0/s1. The first-order valence-electron chi connectivity index (χ1n) is 8.43. The second-order valence-electron chi connectivity index (χ2n) is 6.29. The summed E-state index contributed by atoms with van der Waals surface area (Å²) in [6, 6.07) is 18.0. The van der Waals surface area contributed by atoms with Crippen molar-refractivity contribution in [2.45, 2.75) is 18.9 Å². The Morgan fingerprint density at radius 1 is 1.04 bits per heavy atom. The fourth-order valence-electron chi connectivity index (χ4n) is 3.35. The summed E-state index contributed by atoms with van der Waals surface area (Å²) in [4.78, 5) is 17.7. The van der Waals surface area contributed by atoms with E-state index in [-0.39, 0.29) is 11.9 Å². The maximum absolute atomic E-state index is 12.7. The number of H-pyrrole nitrogens is 1. The number of thiocarbonyl (C=S) groups is 1. The molecule has 1 aliphatic heterocycles. The van der Waals surface area contributed by atoms with Crippen LogP contribution in [0.3, 0.4) is 0 Å². The number of rotatable bonds is 5. The average Bonchev–Trinajstić information content (AvgIpc) is 3.16. The highest BCUT2D eigenvalue weighted by atomic mass is 32.1. The van der Waals surface area contributed by atoms with Gasteiger partial charge in [0.1, 0.15) is 6.04 Å². The first kappa shape index (κ1) is 15.8. The molecular weight excluding hydrogens is 330 g/mol. The fourth-order valence-corrected chi connectivity index (χ4v) is 3.67. The van der Waals surface area contributed by atoms with Crippen LogP contribution >= 0.6 is 12.2 Å². The molecule has 126 valence electrons. The molecule has 5 heteroatoms. The molecule has 2 N–H and O–H groups in total. The largest absolute Gasteiger partial charge is 0.361 e. The monoisotopic (exact) mass is 349 g/mol. The quantitative estimate of drug-likeness (QED) is 0.696. The van der Waals surface area contributed by atoms with Gasteiger partial charge in [0.2, 0.25) is 0 Å². The van der Waals surface area contributed by atoms with E-state index in [1.807, 2.05) is 48.7 Å². The van der Waals surface area contributed by atoms with E-state index in [0.717, 1.165) is 17.5 Å². The molecule has 0 saturated carbocycles. The van der Waals surface area contributed by atoms with Crippen LogP contribution in [-0.2, 0) is 17.6 Å². The summed E-state index contributed by atoms with van der Waals surface area (Å²) in [6.07, 6.45) is 3.45. The first-order valence-corrected chi connectivity index (χ1v) is 8.84. The van der Waals surface area contributed by atoms with Crippen molar-refractivity contribution in [3.05, 3.63) is 71.9 Å². The van der Waals surface area contributed by atoms with Gasteiger partial charge in [-0.2, -0.15) is 0 Å². The number of nitrogens with zero attached hydrogens (tertiary/aromatic N) is 1. The van der Waals surface area contributed by atoms with Crippen LogP contribution in [0, 0.1) is 0 Å². The lowest BCUT2D eigenvalue weighted by Crippen LogP contribution is -2.33. The van der Waals surface area contributed by atoms with E-state index in [0.29, 0.717) is 18.1 Å². The third-order valence-corrected chi connectivity index (χ3v) is 5.01. The minimum atomic E-state index is -0.266. The maximum Gasteiger partial charge on any atom is 0.251 e. The van der Waals surface area contributed by atoms with Crippen LogP contribution in [0.2, 0.25) is 0 Å². The van der Waals surface area contributed by atoms with Crippen molar-refractivity contribution in [2.24, 2.45) is 0 Å². The number of hydrogen-bond acceptors (Lipinski definition) is 2. The fraction of sp³-hybridized carbons (Fsp3) is 0.200. The summed E-state index contributed by atoms with van der Waals surface area (Å²) >= 11 is 5.39. The van der Waals surface area contributed by atoms with Gasteiger partial charge in [-0.25, -0.2) is 0 Å². The predicted octanol–water partition coefficient (Wildman–Crippen LogP) is 3.04. The van der Waals surface area contributed by atoms with Gasteiger partial charge >= 0.3 is 0 Å². The van der Waals surface area contributed by atoms with Crippen LogP contribution < -0.4 is 5.32 Å². The van der Waals surface area contributed by atoms with Gasteiger partial charge in [0.15, 0.2) is 5.11 Å². The lowest BCUT2D eigenvalue weighted by molar-refractivity contribution is -0.127. The van der Waals surface area contributed by atoms with Gasteiger partial charge in [-0.1, -0.05) is 48.5 Å². The summed E-state index contributed by atoms with van der Waals surface area (Å²) in [5, 5.41) is 4.91. The topological polar surface area (TPSA) is 48.1 Å². The van der Waals surface area contributed by atoms with Gasteiger partial charge in [0.05, 0.1) is 0 Å². The molecule has 1 aliphatic rings. The second kappa shape index (κ2) is 6.69. The molecular formula is C20H19N3OS. The van der Waals surface area contributed by atoms with Crippen molar-refractivity contribution >= 4 is 34.1 Å². The summed E-state index contributed by atoms with van der Waals surface area (Å²) in [5.41, 5.74) is 3.46. The van der Waals surface area contributed by atoms with Crippen molar-refractivity contribution in [3.63, 3.8) is 0 Å². The van der Waals surface area contributed by atoms with E-state index >= 15 is 0 Å². The molecule has 0 bridgehead atoms. The number of hydrogen-bond donors (Lipinski definition) is 2. The Labute approximate surface area is 151 Å². The molecule has 1 atom stereocenters. The van der Waals surface area contributed by atoms with Crippen molar-refractivity contribution in [3.8, 4) is 0 Å². The number of amides is 1. The summed E-state index contributed by atoms with van der Waals surface area (Å²) in [5.74, 6) is 0.0636. The van der Waals surface area contributed by atoms with E-state index in [9.17, 15) is 4.79 Å². The van der Waals surface area contributed by atoms with E-state index in [4.69, 9.17) is 12.2 Å². The molecule has 2 aromatic carbocycles. The Morgan fingerprint density at radius 3 is 2.64 bits per heavy atom. The van der Waals surface area contributed by atoms with E-state index in [1.54, 1.807) is 4.90 Å². The van der Waals surface area contributed by atoms with Gasteiger partial charge in [-0.3, -0.25) is 9.69 Å². The van der Waals surface area contributed by atoms with E-state index in [2.05, 4.69) is 22.4 Å². The number of aromatic amines is 1. The Balaban J connectivity index is 1.44. The molecule has 25 heavy (non-hydrogen) atoms. The summed E-state index contributed by atoms with van der Waals surface area (Å²) in [7, 11) is 0. The highest BCUT2D eigenvalue weighted by Crippen LogP contribution is 2.19. The van der Waals surface area contributed by atoms with Crippen molar-refractivity contribution in [1.29, 1.82) is 0 Å². The SMILES string of the molecule is O=C1[C@H](Cc2ccccc2)NC(=S)N1CCc1c[nH]c2ccccc12. The summed E-state index contributed by atoms with van der Waals surface area (Å²) < 4.78 is 0. The molecule has 1 aromatic heterocycles. The zero-order valence-corrected chi connectivity index (χ0v) is 14.6. The molecule has 0 spiro atoms. The Hall–Kier alpha value is -2.66. The van der Waals surface area contributed by atoms with Crippen molar-refractivity contribution < 1.29 is 4.79 Å². The van der Waals surface area contributed by atoms with Gasteiger partial charge in [-0.05, 0) is 35.8 Å². The Bertz CT molecular complexity index is 919. The Kier molecular flexibility index (Phi) is 4.24. The molecule has 1 fully saturated rings. The van der Waals surface area contributed by atoms with Gasteiger partial charge < -0.3 is 10.3 Å². The minimum Gasteiger partial charge on any atom is -0.361 e. The highest BCUT2D eigenvalue weighted by Gasteiger charge is 2.34. The molecule has 0 radical (unpaired) electrons. The number of para-hydroxylation sites is 1. The molecule has 0 aliphatic carbocycles. The lowest BCUT2D eigenvalue weighted by atomic mass is 10.1. The second-order valence-corrected chi connectivity index (χ2v) is 6.68. The molecule has 1 saturated heterocycles. The lowest BCUT2D eigenvalue weighted by Gasteiger charge is -2.14. The zero-order valence-electron chi connectivity index (χ0n) is 13.7. The number of benzene rings is 2. The molecule has 4 rings (SSSR count). The van der Waals surface area contributed by atoms with Gasteiger partial charge in [0.25, 0.3) is 5.91 Å². The van der Waals surface area contributed by atoms with Crippen LogP contribution in [0.25, 0.3) is 10.9 Å². The number of fused-ring (bicyclic) bond motifs is 1. The smallest absolute Gasteiger partial charge is 0.251 e. The molecule has 0 unspecified atom stereocenters. The van der Waals surface area contributed by atoms with Crippen LogP contribution in [0.5, 0.6) is 0 Å². The average molecular weight is 349 g/mol. The molecule has 3 aromatic rings. The van der Waals surface area contributed by atoms with Crippen LogP contribution in [-0.4, -0.2) is 33.5 Å². The Morgan fingerprint density at radius 2 is 1.80 bits per heavy atom. The van der Waals surface area contributed by atoms with Crippen LogP contribution in [0.4, 0.5) is 0 Å². The van der Waals surface area contributed by atoms with Crippen molar-refractivity contribution in [2.75, 3.05) is 6.54 Å². The molecule has 4 nitrogen and oxygen atoms in total. The maximum atomic E-state index is 12.7. The number of nitrogens with one attached hydrogen (secondary N) is 2. The van der Waals surface area contributed by atoms with Crippen molar-refractivity contribution in [1.82, 2.24) is 15.2 Å². The number of carbonyl (C=O) groups is 1. The molecule has 2 heterocycles. The number of carbonyl (C=O) groups excluding carboxylic acids is 1. The van der Waals surface area contributed by atoms with E-state index in [1.165, 1.54) is 10.9 Å². The predicted molar refractivity (Wildman–Crippen MR) is 103 cm³/mol. The third-order valence-electron chi connectivity index (χ3n) is 4.67. The molecule has 1 amide bonds. The van der Waals surface area contributed by atoms with Gasteiger partial charge in [-0.15, -0.1) is 0 Å². The van der Waals surface area contributed by atoms with E-state index < -0.39 is 0 Å². The minimum absolute atomic E-state index is 0.0636. The van der Waals surface area contributed by atoms with Gasteiger partial charge in [0, 0.05) is 30.1 Å². The van der Waals surface area contributed by atoms with Crippen LogP contribution in [0.15, 0.2) is 60.8 Å². The third kappa shape index (κ3) is 3.15. The summed E-state index contributed by atoms with van der Waals surface area (Å²) in [6.45, 7) is 0.595. The highest BCUT2D eigenvalue weighted by molar-refractivity contribution is 7.80. The zero-order chi connectivity index (χ0) is 17.2. The number of aromatic nitrogens is 1. The normalized spacial score (nSPS) is 17.3. The first-order chi connectivity index (χ1) is 12.2. The van der Waals surface area contributed by atoms with Crippen LogP contribution in [0.1, 0.15) is 11.1 Å².